The number of nitrogens with zero attached hydrogens (tertiary/aromatic N) is 3. The van der Waals surface area contributed by atoms with Gasteiger partial charge >= 0.3 is 0 Å². The molecule has 1 N–H and O–H groups in total. The lowest BCUT2D eigenvalue weighted by Gasteiger charge is -2.27. The summed E-state index contributed by atoms with van der Waals surface area (Å²) in [6.45, 7) is 0. The van der Waals surface area contributed by atoms with Crippen molar-refractivity contribution in [3.05, 3.63) is 12.4 Å². The fraction of sp³-hybridized carbons (Fsp3) is 0.778. The van der Waals surface area contributed by atoms with Gasteiger partial charge in [0.25, 0.3) is 0 Å². The van der Waals surface area contributed by atoms with E-state index in [2.05, 4.69) is 15.5 Å². The molecule has 4 nitrogen and oxygen atoms in total. The van der Waals surface area contributed by atoms with Crippen LogP contribution in [-0.4, -0.2) is 28.1 Å². The van der Waals surface area contributed by atoms with Crippen molar-refractivity contribution in [1.82, 2.24) is 20.3 Å². The third-order valence-corrected chi connectivity index (χ3v) is 2.87. The quantitative estimate of drug-likeness (QED) is 0.737. The lowest BCUT2D eigenvalue weighted by Crippen LogP contribution is -2.31. The van der Waals surface area contributed by atoms with Crippen LogP contribution in [-0.2, 0) is 0 Å². The van der Waals surface area contributed by atoms with E-state index in [4.69, 9.17) is 0 Å². The molecule has 0 saturated heterocycles. The number of hydrogen-bond acceptors (Lipinski definition) is 3. The molecule has 0 aromatic carbocycles. The molecule has 4 heteroatoms. The minimum atomic E-state index is 0.527. The highest BCUT2D eigenvalue weighted by Crippen LogP contribution is 2.26. The number of rotatable bonds is 2. The standard InChI is InChI=1S/C9H16N4/c1-10-8-2-4-9(5-3-8)13-11-6-7-12-13/h6-10H,2-5H2,1H3. The van der Waals surface area contributed by atoms with Crippen LogP contribution in [0.15, 0.2) is 12.4 Å². The van der Waals surface area contributed by atoms with Gasteiger partial charge in [0.1, 0.15) is 0 Å². The topological polar surface area (TPSA) is 42.7 Å². The molecule has 13 heavy (non-hydrogen) atoms. The van der Waals surface area contributed by atoms with E-state index in [0.717, 1.165) is 0 Å². The zero-order valence-electron chi connectivity index (χ0n) is 7.98. The molecule has 2 rings (SSSR count). The Balaban J connectivity index is 1.92. The Morgan fingerprint density at radius 3 is 2.31 bits per heavy atom. The molecule has 1 fully saturated rings. The molecule has 1 aromatic heterocycles. The summed E-state index contributed by atoms with van der Waals surface area (Å²) in [6.07, 6.45) is 8.38. The highest BCUT2D eigenvalue weighted by Gasteiger charge is 2.21. The number of aromatic nitrogens is 3. The van der Waals surface area contributed by atoms with Crippen molar-refractivity contribution < 1.29 is 0 Å². The Morgan fingerprint density at radius 2 is 1.77 bits per heavy atom. The number of hydrogen-bond donors (Lipinski definition) is 1. The van der Waals surface area contributed by atoms with Crippen LogP contribution >= 0.6 is 0 Å². The first kappa shape index (κ1) is 8.69. The summed E-state index contributed by atoms with van der Waals surface area (Å²) in [5.74, 6) is 0. The van der Waals surface area contributed by atoms with E-state index in [1.165, 1.54) is 25.7 Å². The SMILES string of the molecule is CNC1CCC(n2nccn2)CC1. The van der Waals surface area contributed by atoms with Gasteiger partial charge in [-0.3, -0.25) is 0 Å². The van der Waals surface area contributed by atoms with E-state index in [1.807, 2.05) is 11.8 Å². The summed E-state index contributed by atoms with van der Waals surface area (Å²) in [5, 5.41) is 11.7. The Bertz CT molecular complexity index is 236. The highest BCUT2D eigenvalue weighted by atomic mass is 15.5. The van der Waals surface area contributed by atoms with Crippen molar-refractivity contribution in [2.75, 3.05) is 7.05 Å². The number of nitrogens with one attached hydrogen (secondary N) is 1. The first-order chi connectivity index (χ1) is 6.40. The first-order valence-corrected chi connectivity index (χ1v) is 4.93. The summed E-state index contributed by atoms with van der Waals surface area (Å²) in [6, 6.07) is 1.23. The molecule has 0 bridgehead atoms. The molecule has 1 aliphatic rings. The summed E-state index contributed by atoms with van der Waals surface area (Å²) in [5.41, 5.74) is 0. The molecule has 72 valence electrons. The fourth-order valence-corrected chi connectivity index (χ4v) is 2.01. The van der Waals surface area contributed by atoms with E-state index >= 15 is 0 Å². The molecule has 1 aliphatic carbocycles. The van der Waals surface area contributed by atoms with Gasteiger partial charge in [0.05, 0.1) is 18.4 Å². The highest BCUT2D eigenvalue weighted by molar-refractivity contribution is 4.78. The largest absolute Gasteiger partial charge is 0.317 e. The van der Waals surface area contributed by atoms with Crippen molar-refractivity contribution in [3.8, 4) is 0 Å². The van der Waals surface area contributed by atoms with Crippen molar-refractivity contribution >= 4 is 0 Å². The van der Waals surface area contributed by atoms with Gasteiger partial charge in [-0.2, -0.15) is 15.0 Å². The second-order valence-corrected chi connectivity index (χ2v) is 3.64. The smallest absolute Gasteiger partial charge is 0.0717 e. The second kappa shape index (κ2) is 3.87. The lowest BCUT2D eigenvalue weighted by molar-refractivity contribution is 0.264. The van der Waals surface area contributed by atoms with E-state index in [-0.39, 0.29) is 0 Å². The molecular formula is C9H16N4. The zero-order valence-corrected chi connectivity index (χ0v) is 7.98. The van der Waals surface area contributed by atoms with E-state index in [1.54, 1.807) is 12.4 Å². The fourth-order valence-electron chi connectivity index (χ4n) is 2.01. The van der Waals surface area contributed by atoms with Gasteiger partial charge in [0.15, 0.2) is 0 Å². The van der Waals surface area contributed by atoms with Crippen LogP contribution in [0.3, 0.4) is 0 Å². The summed E-state index contributed by atoms with van der Waals surface area (Å²) in [4.78, 5) is 1.85. The summed E-state index contributed by atoms with van der Waals surface area (Å²) < 4.78 is 0. The molecule has 0 spiro atoms. The third-order valence-electron chi connectivity index (χ3n) is 2.87. The monoisotopic (exact) mass is 180 g/mol. The Kier molecular flexibility index (Phi) is 2.59. The molecular weight excluding hydrogens is 164 g/mol. The van der Waals surface area contributed by atoms with Crippen molar-refractivity contribution in [3.63, 3.8) is 0 Å². The van der Waals surface area contributed by atoms with Gasteiger partial charge in [-0.15, -0.1) is 0 Å². The van der Waals surface area contributed by atoms with Gasteiger partial charge < -0.3 is 5.32 Å². The lowest BCUT2D eigenvalue weighted by atomic mass is 9.92. The van der Waals surface area contributed by atoms with Gasteiger partial charge in [-0.25, -0.2) is 0 Å². The van der Waals surface area contributed by atoms with E-state index < -0.39 is 0 Å². The maximum atomic E-state index is 4.18. The zero-order chi connectivity index (χ0) is 9.10. The van der Waals surface area contributed by atoms with Crippen LogP contribution in [0, 0.1) is 0 Å². The predicted octanol–water partition coefficient (Wildman–Crippen LogP) is 0.981. The van der Waals surface area contributed by atoms with Gasteiger partial charge in [-0.1, -0.05) is 0 Å². The van der Waals surface area contributed by atoms with Gasteiger partial charge in [0.2, 0.25) is 0 Å². The van der Waals surface area contributed by atoms with Crippen LogP contribution < -0.4 is 5.32 Å². The average molecular weight is 180 g/mol. The van der Waals surface area contributed by atoms with Crippen LogP contribution in [0.25, 0.3) is 0 Å². The Labute approximate surface area is 78.3 Å². The van der Waals surface area contributed by atoms with Crippen LogP contribution in [0.4, 0.5) is 0 Å². The molecule has 0 unspecified atom stereocenters. The van der Waals surface area contributed by atoms with Gasteiger partial charge in [-0.05, 0) is 32.7 Å². The van der Waals surface area contributed by atoms with Gasteiger partial charge in [0, 0.05) is 6.04 Å². The normalized spacial score (nSPS) is 29.0. The predicted molar refractivity (Wildman–Crippen MR) is 50.4 cm³/mol. The minimum Gasteiger partial charge on any atom is -0.317 e. The summed E-state index contributed by atoms with van der Waals surface area (Å²) in [7, 11) is 2.04. The maximum absolute atomic E-state index is 4.18. The molecule has 0 radical (unpaired) electrons. The van der Waals surface area contributed by atoms with Crippen molar-refractivity contribution in [2.45, 2.75) is 37.8 Å². The molecule has 0 aliphatic heterocycles. The van der Waals surface area contributed by atoms with Crippen molar-refractivity contribution in [2.24, 2.45) is 0 Å². The first-order valence-electron chi connectivity index (χ1n) is 4.93. The van der Waals surface area contributed by atoms with E-state index in [9.17, 15) is 0 Å². The molecule has 0 amide bonds. The third kappa shape index (κ3) is 1.88. The molecule has 1 aromatic rings. The summed E-state index contributed by atoms with van der Waals surface area (Å²) >= 11 is 0. The van der Waals surface area contributed by atoms with Crippen LogP contribution in [0.5, 0.6) is 0 Å². The minimum absolute atomic E-state index is 0.527. The molecule has 1 heterocycles. The maximum Gasteiger partial charge on any atom is 0.0717 e. The molecule has 0 atom stereocenters. The molecule has 1 saturated carbocycles. The Morgan fingerprint density at radius 1 is 1.15 bits per heavy atom. The Hall–Kier alpha value is -0.900. The van der Waals surface area contributed by atoms with E-state index in [0.29, 0.717) is 12.1 Å². The van der Waals surface area contributed by atoms with Crippen molar-refractivity contribution in [1.29, 1.82) is 0 Å². The average Bonchev–Trinajstić information content (AvgIpc) is 2.71. The van der Waals surface area contributed by atoms with Crippen LogP contribution in [0.2, 0.25) is 0 Å². The van der Waals surface area contributed by atoms with Crippen LogP contribution in [0.1, 0.15) is 31.7 Å². The second-order valence-electron chi connectivity index (χ2n) is 3.64.